The summed E-state index contributed by atoms with van der Waals surface area (Å²) in [5, 5.41) is 2.03. The number of hydrogen-bond acceptors (Lipinski definition) is 10. The van der Waals surface area contributed by atoms with Crippen LogP contribution in [-0.4, -0.2) is 78.7 Å². The zero-order valence-electron chi connectivity index (χ0n) is 35.9. The molecule has 0 spiro atoms. The van der Waals surface area contributed by atoms with Gasteiger partial charge in [0.05, 0.1) is 34.0 Å². The number of amides is 3. The fourth-order valence-corrected chi connectivity index (χ4v) is 4.70. The van der Waals surface area contributed by atoms with Crippen LogP contribution in [0.5, 0.6) is 23.0 Å². The number of methoxy groups -OCH3 is 5. The standard InChI is InChI=1S/C12H15NO3.C11H15NO2.C10H13NO2.C8H11NO.C2H4Cl2O/c1-8-5-10(13(3)9(2)15)6-12(16-4)11(8)7-14;1-8-5-10(12(3)9(2)13)7-11(6-8)14-4;1-7-4-9(11-8(2)12)6-10(5-7)13-3;1-6-3-7(9)5-8(4-6)10-2;1-5-2(3)4/h5-7H,1-4H3;5-7H,1-4H3;4-6H,1-3H3,(H,11,12);3-5H,9H2,1-2H3;2H,1H3. The predicted molar refractivity (Wildman–Crippen MR) is 236 cm³/mol. The summed E-state index contributed by atoms with van der Waals surface area (Å²) in [5.41, 5.74) is 13.2. The van der Waals surface area contributed by atoms with E-state index in [9.17, 15) is 19.2 Å². The minimum atomic E-state index is -0.671. The van der Waals surface area contributed by atoms with Crippen LogP contribution in [0.15, 0.2) is 66.7 Å². The minimum absolute atomic E-state index is 0.0117. The first-order valence-corrected chi connectivity index (χ1v) is 18.5. The molecule has 13 nitrogen and oxygen atoms in total. The molecule has 0 heterocycles. The summed E-state index contributed by atoms with van der Waals surface area (Å²) in [5.74, 6) is 2.69. The molecule has 0 bridgehead atoms. The van der Waals surface area contributed by atoms with Crippen LogP contribution in [0, 0.1) is 27.7 Å². The number of carbonyl (C=O) groups is 4. The number of anilines is 4. The van der Waals surface area contributed by atoms with E-state index < -0.39 is 5.02 Å². The Balaban J connectivity index is 0.000000725. The number of nitrogens with zero attached hydrogens (tertiary/aromatic N) is 2. The number of carbonyl (C=O) groups excluding carboxylic acids is 4. The van der Waals surface area contributed by atoms with Gasteiger partial charge in [0, 0.05) is 89.0 Å². The summed E-state index contributed by atoms with van der Waals surface area (Å²) in [7, 11) is 11.2. The Morgan fingerprint density at radius 2 is 1.07 bits per heavy atom. The zero-order valence-corrected chi connectivity index (χ0v) is 37.4. The second-order valence-electron chi connectivity index (χ2n) is 12.6. The van der Waals surface area contributed by atoms with Gasteiger partial charge in [0.1, 0.15) is 23.0 Å². The van der Waals surface area contributed by atoms with Crippen molar-refractivity contribution in [1.29, 1.82) is 0 Å². The van der Waals surface area contributed by atoms with Crippen molar-refractivity contribution in [3.63, 3.8) is 0 Å². The van der Waals surface area contributed by atoms with Crippen molar-refractivity contribution in [2.75, 3.05) is 70.5 Å². The van der Waals surface area contributed by atoms with Gasteiger partial charge in [-0.05, 0) is 92.4 Å². The minimum Gasteiger partial charge on any atom is -0.497 e. The van der Waals surface area contributed by atoms with Crippen molar-refractivity contribution in [2.24, 2.45) is 0 Å². The number of ether oxygens (including phenoxy) is 5. The highest BCUT2D eigenvalue weighted by molar-refractivity contribution is 6.43. The van der Waals surface area contributed by atoms with Crippen molar-refractivity contribution in [3.8, 4) is 23.0 Å². The lowest BCUT2D eigenvalue weighted by molar-refractivity contribution is -0.117. The molecule has 58 heavy (non-hydrogen) atoms. The average molecular weight is 846 g/mol. The van der Waals surface area contributed by atoms with Gasteiger partial charge >= 0.3 is 0 Å². The van der Waals surface area contributed by atoms with Crippen molar-refractivity contribution in [3.05, 3.63) is 94.5 Å². The highest BCUT2D eigenvalue weighted by Gasteiger charge is 2.12. The molecular formula is C43H58Cl2N4O9. The van der Waals surface area contributed by atoms with Gasteiger partial charge in [0.2, 0.25) is 22.7 Å². The third-order valence-electron chi connectivity index (χ3n) is 7.76. The monoisotopic (exact) mass is 844 g/mol. The fourth-order valence-electron chi connectivity index (χ4n) is 4.70. The van der Waals surface area contributed by atoms with Gasteiger partial charge in [-0.25, -0.2) is 0 Å². The smallest absolute Gasteiger partial charge is 0.223 e. The number of aldehydes is 1. The normalized spacial score (nSPS) is 9.60. The Morgan fingerprint density at radius 1 is 0.638 bits per heavy atom. The van der Waals surface area contributed by atoms with Gasteiger partial charge in [-0.3, -0.25) is 19.2 Å². The van der Waals surface area contributed by atoms with E-state index in [1.807, 2.05) is 70.2 Å². The van der Waals surface area contributed by atoms with Crippen molar-refractivity contribution >= 4 is 70.0 Å². The van der Waals surface area contributed by atoms with E-state index in [-0.39, 0.29) is 17.7 Å². The summed E-state index contributed by atoms with van der Waals surface area (Å²) >= 11 is 10.0. The van der Waals surface area contributed by atoms with Gasteiger partial charge in [-0.15, -0.1) is 0 Å². The SMILES string of the molecule is COC(Cl)Cl.COc1cc(C)cc(N(C)C(C)=O)c1.COc1cc(C)cc(N)c1.COc1cc(C)cc(NC(C)=O)c1.COc1cc(N(C)C(C)=O)cc(C)c1C=O. The summed E-state index contributed by atoms with van der Waals surface area (Å²) in [6.07, 6.45) is 0.756. The molecule has 0 aromatic heterocycles. The van der Waals surface area contributed by atoms with Gasteiger partial charge < -0.3 is 44.5 Å². The molecule has 0 saturated heterocycles. The van der Waals surface area contributed by atoms with E-state index in [0.717, 1.165) is 62.9 Å². The predicted octanol–water partition coefficient (Wildman–Crippen LogP) is 8.73. The molecule has 4 rings (SSSR count). The summed E-state index contributed by atoms with van der Waals surface area (Å²) in [6.45, 7) is 12.2. The van der Waals surface area contributed by atoms with E-state index in [1.54, 1.807) is 64.6 Å². The lowest BCUT2D eigenvalue weighted by Crippen LogP contribution is -2.23. The second kappa shape index (κ2) is 27.2. The number of alkyl halides is 2. The molecule has 0 saturated carbocycles. The van der Waals surface area contributed by atoms with Crippen molar-refractivity contribution < 1.29 is 42.9 Å². The maximum absolute atomic E-state index is 11.2. The Morgan fingerprint density at radius 3 is 1.47 bits per heavy atom. The number of aryl methyl sites for hydroxylation is 4. The van der Waals surface area contributed by atoms with E-state index in [2.05, 4.69) is 10.1 Å². The first-order chi connectivity index (χ1) is 27.2. The second-order valence-corrected chi connectivity index (χ2v) is 13.6. The molecule has 0 aliphatic heterocycles. The van der Waals surface area contributed by atoms with Crippen LogP contribution in [0.1, 0.15) is 53.4 Å². The topological polar surface area (TPSA) is 159 Å². The first kappa shape index (κ1) is 52.5. The Labute approximate surface area is 353 Å². The van der Waals surface area contributed by atoms with Crippen molar-refractivity contribution in [1.82, 2.24) is 0 Å². The van der Waals surface area contributed by atoms with Gasteiger partial charge in [-0.2, -0.15) is 0 Å². The molecule has 318 valence electrons. The lowest BCUT2D eigenvalue weighted by atomic mass is 10.1. The number of nitrogen functional groups attached to an aromatic ring is 1. The molecule has 0 aliphatic carbocycles. The molecular weight excluding hydrogens is 787 g/mol. The number of nitrogens with one attached hydrogen (secondary N) is 1. The largest absolute Gasteiger partial charge is 0.497 e. The third-order valence-corrected chi connectivity index (χ3v) is 8.11. The van der Waals surface area contributed by atoms with Crippen LogP contribution >= 0.6 is 23.2 Å². The number of rotatable bonds is 9. The van der Waals surface area contributed by atoms with E-state index in [0.29, 0.717) is 17.0 Å². The van der Waals surface area contributed by atoms with E-state index in [4.69, 9.17) is 47.9 Å². The number of halogens is 2. The summed E-state index contributed by atoms with van der Waals surface area (Å²) in [4.78, 5) is 47.1. The molecule has 0 atom stereocenters. The van der Waals surface area contributed by atoms with Gasteiger partial charge in [0.15, 0.2) is 6.29 Å². The van der Waals surface area contributed by atoms with Crippen LogP contribution in [0.25, 0.3) is 0 Å². The van der Waals surface area contributed by atoms with Crippen molar-refractivity contribution in [2.45, 2.75) is 53.5 Å². The molecule has 4 aromatic carbocycles. The fraction of sp³-hybridized carbons (Fsp3) is 0.349. The molecule has 4 aromatic rings. The quantitative estimate of drug-likeness (QED) is 0.0948. The van der Waals surface area contributed by atoms with Crippen LogP contribution in [-0.2, 0) is 19.1 Å². The first-order valence-electron chi connectivity index (χ1n) is 17.6. The third kappa shape index (κ3) is 20.1. The highest BCUT2D eigenvalue weighted by Crippen LogP contribution is 2.28. The van der Waals surface area contributed by atoms with Crippen LogP contribution in [0.3, 0.4) is 0 Å². The molecule has 3 amide bonds. The Bertz CT molecular complexity index is 1920. The average Bonchev–Trinajstić information content (AvgIpc) is 3.16. The van der Waals surface area contributed by atoms with Crippen LogP contribution in [0.4, 0.5) is 22.7 Å². The van der Waals surface area contributed by atoms with E-state index in [1.165, 1.54) is 39.9 Å². The Kier molecular flexibility index (Phi) is 24.6. The zero-order chi connectivity index (χ0) is 44.7. The maximum Gasteiger partial charge on any atom is 0.223 e. The number of hydrogen-bond donors (Lipinski definition) is 2. The number of benzene rings is 4. The van der Waals surface area contributed by atoms with Crippen LogP contribution < -0.4 is 39.8 Å². The van der Waals surface area contributed by atoms with E-state index >= 15 is 0 Å². The molecule has 0 unspecified atom stereocenters. The lowest BCUT2D eigenvalue weighted by Gasteiger charge is -2.18. The summed E-state index contributed by atoms with van der Waals surface area (Å²) in [6, 6.07) is 20.4. The highest BCUT2D eigenvalue weighted by atomic mass is 35.5. The van der Waals surface area contributed by atoms with Crippen LogP contribution in [0.2, 0.25) is 0 Å². The van der Waals surface area contributed by atoms with Gasteiger partial charge in [-0.1, -0.05) is 23.2 Å². The molecule has 3 N–H and O–H groups in total. The van der Waals surface area contributed by atoms with Gasteiger partial charge in [0.25, 0.3) is 0 Å². The Hall–Kier alpha value is -5.50. The molecule has 0 aliphatic rings. The molecule has 0 radical (unpaired) electrons. The molecule has 15 heteroatoms. The maximum atomic E-state index is 11.2. The summed E-state index contributed by atoms with van der Waals surface area (Å²) < 4.78 is 24.6. The number of nitrogens with two attached hydrogens (primary N) is 1. The molecule has 0 fully saturated rings.